The molecule has 8 heteroatoms. The summed E-state index contributed by atoms with van der Waals surface area (Å²) in [4.78, 5) is 4.74. The molecule has 0 radical (unpaired) electrons. The lowest BCUT2D eigenvalue weighted by atomic mass is 9.84. The molecule has 0 amide bonds. The van der Waals surface area contributed by atoms with Crippen LogP contribution < -0.4 is 15.4 Å². The van der Waals surface area contributed by atoms with Gasteiger partial charge in [-0.2, -0.15) is 0 Å². The fourth-order valence-corrected chi connectivity index (χ4v) is 4.86. The van der Waals surface area contributed by atoms with Crippen LogP contribution in [0.4, 0.5) is 0 Å². The van der Waals surface area contributed by atoms with Crippen molar-refractivity contribution in [2.24, 2.45) is 10.4 Å². The third kappa shape index (κ3) is 7.95. The third-order valence-corrected chi connectivity index (χ3v) is 7.15. The van der Waals surface area contributed by atoms with Crippen LogP contribution in [0.2, 0.25) is 0 Å². The molecule has 1 saturated carbocycles. The zero-order chi connectivity index (χ0) is 19.6. The van der Waals surface area contributed by atoms with E-state index in [1.54, 1.807) is 0 Å². The van der Waals surface area contributed by atoms with Crippen LogP contribution in [-0.2, 0) is 14.8 Å². The molecule has 2 aliphatic rings. The van der Waals surface area contributed by atoms with Gasteiger partial charge in [0.05, 0.1) is 11.9 Å². The summed E-state index contributed by atoms with van der Waals surface area (Å²) < 4.78 is 32.7. The molecule has 1 aliphatic carbocycles. The second-order valence-electron chi connectivity index (χ2n) is 7.84. The first-order chi connectivity index (χ1) is 13.0. The number of hydrogen-bond donors (Lipinski definition) is 3. The second-order valence-corrected chi connectivity index (χ2v) is 9.76. The Morgan fingerprint density at radius 1 is 1.15 bits per heavy atom. The molecule has 1 heterocycles. The molecule has 0 spiro atoms. The van der Waals surface area contributed by atoms with Gasteiger partial charge >= 0.3 is 0 Å². The van der Waals surface area contributed by atoms with Gasteiger partial charge in [0.2, 0.25) is 10.0 Å². The van der Waals surface area contributed by atoms with Gasteiger partial charge in [0.1, 0.15) is 0 Å². The van der Waals surface area contributed by atoms with E-state index in [-0.39, 0.29) is 11.9 Å². The molecule has 3 N–H and O–H groups in total. The van der Waals surface area contributed by atoms with Crippen molar-refractivity contribution in [2.45, 2.75) is 71.3 Å². The van der Waals surface area contributed by atoms with Crippen molar-refractivity contribution in [3.8, 4) is 0 Å². The van der Waals surface area contributed by atoms with Crippen LogP contribution in [0.1, 0.15) is 65.2 Å². The van der Waals surface area contributed by atoms with Gasteiger partial charge in [-0.25, -0.2) is 13.1 Å². The Hall–Kier alpha value is -0.860. The van der Waals surface area contributed by atoms with Gasteiger partial charge in [-0.3, -0.25) is 4.99 Å². The largest absolute Gasteiger partial charge is 0.377 e. The van der Waals surface area contributed by atoms with E-state index >= 15 is 0 Å². The Labute approximate surface area is 165 Å². The zero-order valence-corrected chi connectivity index (χ0v) is 17.9. The Morgan fingerprint density at radius 3 is 2.56 bits per heavy atom. The van der Waals surface area contributed by atoms with Crippen LogP contribution in [0.15, 0.2) is 4.99 Å². The molecule has 158 valence electrons. The van der Waals surface area contributed by atoms with E-state index in [1.165, 1.54) is 25.7 Å². The summed E-state index contributed by atoms with van der Waals surface area (Å²) >= 11 is 0. The molecule has 2 rings (SSSR count). The summed E-state index contributed by atoms with van der Waals surface area (Å²) in [6, 6.07) is 0. The van der Waals surface area contributed by atoms with Crippen molar-refractivity contribution < 1.29 is 13.2 Å². The number of ether oxygens (including phenoxy) is 1. The van der Waals surface area contributed by atoms with Gasteiger partial charge in [-0.1, -0.05) is 19.8 Å². The van der Waals surface area contributed by atoms with E-state index in [0.29, 0.717) is 24.5 Å². The average molecular weight is 403 g/mol. The summed E-state index contributed by atoms with van der Waals surface area (Å²) in [5.74, 6) is 0.742. The van der Waals surface area contributed by atoms with E-state index in [4.69, 9.17) is 9.73 Å². The Kier molecular flexibility index (Phi) is 9.32. The standard InChI is InChI=1S/C19H38N4O3S/c1-3-19(10-6-7-11-19)16-22-18(20-4-2)21-12-14-27(24,25)23-15-17-9-5-8-13-26-17/h17,23H,3-16H2,1-2H3,(H2,20,21,22). The van der Waals surface area contributed by atoms with Gasteiger partial charge in [0.25, 0.3) is 0 Å². The first-order valence-electron chi connectivity index (χ1n) is 10.6. The third-order valence-electron chi connectivity index (χ3n) is 5.80. The monoisotopic (exact) mass is 402 g/mol. The molecule has 2 fully saturated rings. The van der Waals surface area contributed by atoms with Gasteiger partial charge < -0.3 is 15.4 Å². The van der Waals surface area contributed by atoms with Gasteiger partial charge in [-0.05, 0) is 50.9 Å². The summed E-state index contributed by atoms with van der Waals surface area (Å²) in [5.41, 5.74) is 0.329. The SMILES string of the molecule is CCNC(=NCC1(CC)CCCC1)NCCS(=O)(=O)NCC1CCCCO1. The number of nitrogens with zero attached hydrogens (tertiary/aromatic N) is 1. The van der Waals surface area contributed by atoms with Crippen molar-refractivity contribution in [3.63, 3.8) is 0 Å². The minimum absolute atomic E-state index is 0.0111. The van der Waals surface area contributed by atoms with Crippen molar-refractivity contribution in [3.05, 3.63) is 0 Å². The molecule has 0 aromatic carbocycles. The Morgan fingerprint density at radius 2 is 1.93 bits per heavy atom. The molecule has 0 aromatic heterocycles. The molecule has 27 heavy (non-hydrogen) atoms. The molecule has 0 aromatic rings. The number of rotatable bonds is 10. The highest BCUT2D eigenvalue weighted by molar-refractivity contribution is 7.89. The van der Waals surface area contributed by atoms with Crippen LogP contribution in [0.3, 0.4) is 0 Å². The maximum absolute atomic E-state index is 12.2. The van der Waals surface area contributed by atoms with Crippen molar-refractivity contribution >= 4 is 16.0 Å². The second kappa shape index (κ2) is 11.2. The summed E-state index contributed by atoms with van der Waals surface area (Å²) in [7, 11) is -3.31. The van der Waals surface area contributed by atoms with Gasteiger partial charge in [0.15, 0.2) is 5.96 Å². The number of nitrogens with one attached hydrogen (secondary N) is 3. The van der Waals surface area contributed by atoms with E-state index < -0.39 is 10.0 Å². The van der Waals surface area contributed by atoms with Gasteiger partial charge in [-0.15, -0.1) is 0 Å². The van der Waals surface area contributed by atoms with E-state index in [2.05, 4.69) is 22.3 Å². The van der Waals surface area contributed by atoms with E-state index in [1.807, 2.05) is 6.92 Å². The van der Waals surface area contributed by atoms with Crippen LogP contribution in [0, 0.1) is 5.41 Å². The van der Waals surface area contributed by atoms with Crippen LogP contribution in [-0.4, -0.2) is 59.0 Å². The minimum Gasteiger partial charge on any atom is -0.377 e. The fraction of sp³-hybridized carbons (Fsp3) is 0.947. The van der Waals surface area contributed by atoms with Crippen molar-refractivity contribution in [1.29, 1.82) is 0 Å². The highest BCUT2D eigenvalue weighted by atomic mass is 32.2. The van der Waals surface area contributed by atoms with E-state index in [0.717, 1.165) is 45.4 Å². The van der Waals surface area contributed by atoms with Crippen LogP contribution in [0.25, 0.3) is 0 Å². The van der Waals surface area contributed by atoms with Crippen molar-refractivity contribution in [2.75, 3.05) is 38.5 Å². The summed E-state index contributed by atoms with van der Waals surface area (Å²) in [6.07, 6.45) is 9.34. The molecule has 1 aliphatic heterocycles. The summed E-state index contributed by atoms with van der Waals surface area (Å²) in [6.45, 7) is 7.27. The Balaban J connectivity index is 1.76. The lowest BCUT2D eigenvalue weighted by Crippen LogP contribution is -2.43. The minimum atomic E-state index is -3.31. The summed E-state index contributed by atoms with van der Waals surface area (Å²) in [5, 5.41) is 6.39. The number of hydrogen-bond acceptors (Lipinski definition) is 4. The molecular formula is C19H38N4O3S. The average Bonchev–Trinajstić information content (AvgIpc) is 3.15. The molecule has 1 unspecified atom stereocenters. The first-order valence-corrected chi connectivity index (χ1v) is 12.2. The normalized spacial score (nSPS) is 23.3. The fourth-order valence-electron chi connectivity index (χ4n) is 3.90. The predicted molar refractivity (Wildman–Crippen MR) is 111 cm³/mol. The van der Waals surface area contributed by atoms with Crippen LogP contribution >= 0.6 is 0 Å². The highest BCUT2D eigenvalue weighted by Crippen LogP contribution is 2.41. The topological polar surface area (TPSA) is 91.8 Å². The number of aliphatic imine (C=N–C) groups is 1. The lowest BCUT2D eigenvalue weighted by Gasteiger charge is -2.25. The number of guanidine groups is 1. The molecule has 7 nitrogen and oxygen atoms in total. The van der Waals surface area contributed by atoms with E-state index in [9.17, 15) is 8.42 Å². The lowest BCUT2D eigenvalue weighted by molar-refractivity contribution is 0.0200. The Bertz CT molecular complexity index is 553. The molecule has 1 saturated heterocycles. The predicted octanol–water partition coefficient (Wildman–Crippen LogP) is 2.00. The highest BCUT2D eigenvalue weighted by Gasteiger charge is 2.31. The first kappa shape index (κ1) is 22.4. The van der Waals surface area contributed by atoms with Gasteiger partial charge in [0, 0.05) is 32.8 Å². The smallest absolute Gasteiger partial charge is 0.213 e. The molecule has 0 bridgehead atoms. The van der Waals surface area contributed by atoms with Crippen LogP contribution in [0.5, 0.6) is 0 Å². The maximum Gasteiger partial charge on any atom is 0.213 e. The number of sulfonamides is 1. The molecular weight excluding hydrogens is 364 g/mol. The quantitative estimate of drug-likeness (QED) is 0.384. The maximum atomic E-state index is 12.2. The van der Waals surface area contributed by atoms with Crippen molar-refractivity contribution in [1.82, 2.24) is 15.4 Å². The zero-order valence-electron chi connectivity index (χ0n) is 17.1. The molecule has 1 atom stereocenters.